The van der Waals surface area contributed by atoms with Crippen molar-refractivity contribution in [1.29, 1.82) is 0 Å². The predicted molar refractivity (Wildman–Crippen MR) is 138 cm³/mol. The first-order chi connectivity index (χ1) is 17.5. The normalized spacial score (nSPS) is 23.3. The Bertz CT molecular complexity index is 1420. The monoisotopic (exact) mass is 471 g/mol. The molecule has 0 aromatic heterocycles. The average Bonchev–Trinajstić information content (AvgIpc) is 3.17. The minimum Gasteiger partial charge on any atom is -0.457 e. The summed E-state index contributed by atoms with van der Waals surface area (Å²) in [6, 6.07) is 30.0. The smallest absolute Gasteiger partial charge is 0.238 e. The Morgan fingerprint density at radius 1 is 0.583 bits per heavy atom. The predicted octanol–water partition coefficient (Wildman–Crippen LogP) is 6.49. The number of hydrogen-bond acceptors (Lipinski definition) is 3. The highest BCUT2D eigenvalue weighted by Crippen LogP contribution is 2.61. The fraction of sp³-hybridized carbons (Fsp3) is 0.188. The van der Waals surface area contributed by atoms with Gasteiger partial charge in [-0.3, -0.25) is 9.59 Å². The number of aryl methyl sites for hydroxylation is 2. The second kappa shape index (κ2) is 7.66. The van der Waals surface area contributed by atoms with Crippen LogP contribution >= 0.6 is 0 Å². The second-order valence-electron chi connectivity index (χ2n) is 10.1. The SMILES string of the molecule is Cc1cccc(C)c1Oc1ccc(N2C(=O)C3C4c5ccccc5C(c5ccccc54)C3C2=O)cc1. The lowest BCUT2D eigenvalue weighted by molar-refractivity contribution is -0.122. The third-order valence-corrected chi connectivity index (χ3v) is 8.17. The second-order valence-corrected chi connectivity index (χ2v) is 10.1. The summed E-state index contributed by atoms with van der Waals surface area (Å²) in [6.45, 7) is 4.04. The summed E-state index contributed by atoms with van der Waals surface area (Å²) < 4.78 is 6.15. The maximum Gasteiger partial charge on any atom is 0.238 e. The Balaban J connectivity index is 1.26. The quantitative estimate of drug-likeness (QED) is 0.321. The number of imide groups is 1. The van der Waals surface area contributed by atoms with Gasteiger partial charge in [0.15, 0.2) is 0 Å². The van der Waals surface area contributed by atoms with Crippen molar-refractivity contribution in [3.8, 4) is 11.5 Å². The zero-order chi connectivity index (χ0) is 24.6. The van der Waals surface area contributed by atoms with Crippen LogP contribution in [0.15, 0.2) is 91.0 Å². The molecule has 36 heavy (non-hydrogen) atoms. The molecule has 2 amide bonds. The van der Waals surface area contributed by atoms with Crippen molar-refractivity contribution in [2.45, 2.75) is 25.7 Å². The number of hydrogen-bond donors (Lipinski definition) is 0. The highest BCUT2D eigenvalue weighted by atomic mass is 16.5. The maximum absolute atomic E-state index is 13.9. The minimum atomic E-state index is -0.377. The van der Waals surface area contributed by atoms with E-state index in [4.69, 9.17) is 4.74 Å². The molecule has 4 aromatic carbocycles. The Labute approximate surface area is 210 Å². The van der Waals surface area contributed by atoms with Crippen molar-refractivity contribution in [1.82, 2.24) is 0 Å². The van der Waals surface area contributed by atoms with Gasteiger partial charge in [-0.15, -0.1) is 0 Å². The van der Waals surface area contributed by atoms with Crippen molar-refractivity contribution < 1.29 is 14.3 Å². The largest absolute Gasteiger partial charge is 0.457 e. The highest BCUT2D eigenvalue weighted by molar-refractivity contribution is 6.23. The standard InChI is InChI=1S/C32H25NO3/c1-18-8-7-9-19(2)30(18)36-21-16-14-20(15-17-21)33-31(34)28-26-22-10-3-4-11-23(22)27(29(28)32(33)35)25-13-6-5-12-24(25)26/h3-17,26-29H,1-2H3. The number of ether oxygens (including phenoxy) is 1. The van der Waals surface area contributed by atoms with E-state index in [1.54, 1.807) is 0 Å². The molecule has 1 heterocycles. The van der Waals surface area contributed by atoms with E-state index in [2.05, 4.69) is 24.3 Å². The summed E-state index contributed by atoms with van der Waals surface area (Å²) >= 11 is 0. The van der Waals surface area contributed by atoms with Gasteiger partial charge in [-0.25, -0.2) is 4.90 Å². The van der Waals surface area contributed by atoms with Crippen LogP contribution in [-0.4, -0.2) is 11.8 Å². The van der Waals surface area contributed by atoms with Crippen molar-refractivity contribution >= 4 is 17.5 Å². The zero-order valence-corrected chi connectivity index (χ0v) is 20.1. The van der Waals surface area contributed by atoms with Crippen LogP contribution in [0.3, 0.4) is 0 Å². The number of amides is 2. The lowest BCUT2D eigenvalue weighted by Crippen LogP contribution is -2.41. The molecule has 176 valence electrons. The molecular weight excluding hydrogens is 446 g/mol. The molecule has 8 rings (SSSR count). The molecule has 1 aliphatic heterocycles. The number of para-hydroxylation sites is 1. The van der Waals surface area contributed by atoms with Gasteiger partial charge >= 0.3 is 0 Å². The molecule has 3 aliphatic carbocycles. The first-order valence-electron chi connectivity index (χ1n) is 12.4. The van der Waals surface area contributed by atoms with E-state index in [0.29, 0.717) is 11.4 Å². The van der Waals surface area contributed by atoms with Crippen LogP contribution in [0.1, 0.15) is 45.2 Å². The van der Waals surface area contributed by atoms with Crippen LogP contribution in [-0.2, 0) is 9.59 Å². The Morgan fingerprint density at radius 2 is 1.03 bits per heavy atom. The molecule has 1 saturated heterocycles. The van der Waals surface area contributed by atoms with E-state index in [-0.39, 0.29) is 35.5 Å². The first kappa shape index (κ1) is 21.1. The van der Waals surface area contributed by atoms with Crippen LogP contribution < -0.4 is 9.64 Å². The van der Waals surface area contributed by atoms with Crippen LogP contribution in [0, 0.1) is 25.7 Å². The summed E-state index contributed by atoms with van der Waals surface area (Å²) in [5, 5.41) is 0. The number of anilines is 1. The van der Waals surface area contributed by atoms with Gasteiger partial charge in [0.25, 0.3) is 0 Å². The van der Waals surface area contributed by atoms with E-state index in [1.807, 2.05) is 80.6 Å². The summed E-state index contributed by atoms with van der Waals surface area (Å²) in [6.07, 6.45) is 0. The van der Waals surface area contributed by atoms with Gasteiger partial charge in [-0.1, -0.05) is 66.7 Å². The Hall–Kier alpha value is -4.18. The number of benzene rings is 4. The van der Waals surface area contributed by atoms with Gasteiger partial charge in [0.1, 0.15) is 11.5 Å². The van der Waals surface area contributed by atoms with E-state index < -0.39 is 0 Å². The summed E-state index contributed by atoms with van der Waals surface area (Å²) in [7, 11) is 0. The molecule has 0 radical (unpaired) electrons. The topological polar surface area (TPSA) is 46.6 Å². The van der Waals surface area contributed by atoms with E-state index in [9.17, 15) is 9.59 Å². The molecule has 2 unspecified atom stereocenters. The van der Waals surface area contributed by atoms with Crippen molar-refractivity contribution in [3.63, 3.8) is 0 Å². The van der Waals surface area contributed by atoms with Gasteiger partial charge in [0.05, 0.1) is 17.5 Å². The lowest BCUT2D eigenvalue weighted by atomic mass is 9.55. The number of nitrogens with zero attached hydrogens (tertiary/aromatic N) is 1. The molecule has 4 nitrogen and oxygen atoms in total. The molecule has 0 N–H and O–H groups in total. The molecule has 0 spiro atoms. The van der Waals surface area contributed by atoms with Gasteiger partial charge in [-0.05, 0) is 71.5 Å². The molecule has 2 bridgehead atoms. The number of carbonyl (C=O) groups is 2. The van der Waals surface area contributed by atoms with Gasteiger partial charge < -0.3 is 4.74 Å². The average molecular weight is 472 g/mol. The van der Waals surface area contributed by atoms with Crippen LogP contribution in [0.2, 0.25) is 0 Å². The first-order valence-corrected chi connectivity index (χ1v) is 12.4. The molecule has 4 heteroatoms. The Kier molecular flexibility index (Phi) is 4.50. The van der Waals surface area contributed by atoms with Gasteiger partial charge in [0.2, 0.25) is 11.8 Å². The summed E-state index contributed by atoms with van der Waals surface area (Å²) in [4.78, 5) is 29.2. The molecule has 1 fully saturated rings. The van der Waals surface area contributed by atoms with Crippen molar-refractivity contribution in [2.24, 2.45) is 11.8 Å². The molecule has 2 atom stereocenters. The van der Waals surface area contributed by atoms with Crippen LogP contribution in [0.5, 0.6) is 11.5 Å². The fourth-order valence-corrected chi connectivity index (χ4v) is 6.67. The Morgan fingerprint density at radius 3 is 1.47 bits per heavy atom. The third-order valence-electron chi connectivity index (χ3n) is 8.17. The van der Waals surface area contributed by atoms with Crippen molar-refractivity contribution in [2.75, 3.05) is 4.90 Å². The summed E-state index contributed by atoms with van der Waals surface area (Å²) in [5.41, 5.74) is 7.45. The van der Waals surface area contributed by atoms with Gasteiger partial charge in [0, 0.05) is 11.8 Å². The van der Waals surface area contributed by atoms with Crippen molar-refractivity contribution in [3.05, 3.63) is 124 Å². The zero-order valence-electron chi connectivity index (χ0n) is 20.1. The number of carbonyl (C=O) groups excluding carboxylic acids is 2. The van der Waals surface area contributed by atoms with Gasteiger partial charge in [-0.2, -0.15) is 0 Å². The van der Waals surface area contributed by atoms with Crippen LogP contribution in [0.25, 0.3) is 0 Å². The van der Waals surface area contributed by atoms with E-state index in [1.165, 1.54) is 27.2 Å². The fourth-order valence-electron chi connectivity index (χ4n) is 6.67. The third kappa shape index (κ3) is 2.81. The maximum atomic E-state index is 13.9. The minimum absolute atomic E-state index is 0.0968. The lowest BCUT2D eigenvalue weighted by Gasteiger charge is -2.45. The molecular formula is C32H25NO3. The van der Waals surface area contributed by atoms with Crippen LogP contribution in [0.4, 0.5) is 5.69 Å². The highest BCUT2D eigenvalue weighted by Gasteiger charge is 2.61. The molecule has 4 aliphatic rings. The number of rotatable bonds is 3. The molecule has 4 aromatic rings. The summed E-state index contributed by atoms with van der Waals surface area (Å²) in [5.74, 6) is 0.348. The van der Waals surface area contributed by atoms with E-state index >= 15 is 0 Å². The molecule has 0 saturated carbocycles. The van der Waals surface area contributed by atoms with E-state index in [0.717, 1.165) is 16.9 Å².